The summed E-state index contributed by atoms with van der Waals surface area (Å²) in [6, 6.07) is 23.2. The van der Waals surface area contributed by atoms with Gasteiger partial charge >= 0.3 is 0 Å². The molecule has 2 atom stereocenters. The molecule has 0 amide bonds. The van der Waals surface area contributed by atoms with E-state index in [1.54, 1.807) is 0 Å². The summed E-state index contributed by atoms with van der Waals surface area (Å²) in [4.78, 5) is 2.33. The van der Waals surface area contributed by atoms with Gasteiger partial charge in [0.1, 0.15) is 0 Å². The first-order valence-electron chi connectivity index (χ1n) is 11.8. The molecule has 0 saturated carbocycles. The molecule has 3 aromatic rings. The predicted octanol–water partition coefficient (Wildman–Crippen LogP) is 7.76. The molecule has 3 aromatic carbocycles. The van der Waals surface area contributed by atoms with Crippen LogP contribution in [0.2, 0.25) is 0 Å². The molecule has 0 fully saturated rings. The zero-order valence-corrected chi connectivity index (χ0v) is 20.4. The second-order valence-corrected chi connectivity index (χ2v) is 9.26. The molecule has 2 N–H and O–H groups in total. The second kappa shape index (κ2) is 10.7. The smallest absolute Gasteiger partial charge is 0.0782 e. The maximum Gasteiger partial charge on any atom is 0.0782 e. The Morgan fingerprint density at radius 1 is 0.844 bits per heavy atom. The summed E-state index contributed by atoms with van der Waals surface area (Å²) >= 11 is 0. The van der Waals surface area contributed by atoms with E-state index >= 15 is 0 Å². The lowest BCUT2D eigenvalue weighted by atomic mass is 9.90. The first-order valence-corrected chi connectivity index (χ1v) is 11.8. The van der Waals surface area contributed by atoms with Gasteiger partial charge in [-0.1, -0.05) is 76.6 Å². The standard InChI is InChI=1S/C29H38N2O/c1-7-21(4)19-31(6)28-16-12-11-15-27(28)30-29-25(20(2)3)17-24(18-26(29)22(5)32)23-13-9-8-10-14-23/h8-18,20-22,30,32H,7,19H2,1-6H3. The van der Waals surface area contributed by atoms with Crippen molar-refractivity contribution in [3.05, 3.63) is 77.9 Å². The molecule has 0 bridgehead atoms. The predicted molar refractivity (Wildman–Crippen MR) is 139 cm³/mol. The van der Waals surface area contributed by atoms with Gasteiger partial charge in [-0.15, -0.1) is 0 Å². The van der Waals surface area contributed by atoms with E-state index in [0.29, 0.717) is 11.8 Å². The lowest BCUT2D eigenvalue weighted by molar-refractivity contribution is 0.200. The summed E-state index contributed by atoms with van der Waals surface area (Å²) in [5.41, 5.74) is 7.69. The third-order valence-corrected chi connectivity index (χ3v) is 6.24. The molecular weight excluding hydrogens is 392 g/mol. The number of nitrogens with zero attached hydrogens (tertiary/aromatic N) is 1. The summed E-state index contributed by atoms with van der Waals surface area (Å²) in [5, 5.41) is 14.5. The van der Waals surface area contributed by atoms with Crippen LogP contribution in [0.3, 0.4) is 0 Å². The molecule has 2 unspecified atom stereocenters. The maximum atomic E-state index is 10.7. The molecule has 0 aromatic heterocycles. The van der Waals surface area contributed by atoms with Gasteiger partial charge < -0.3 is 15.3 Å². The van der Waals surface area contributed by atoms with Crippen molar-refractivity contribution in [1.29, 1.82) is 0 Å². The Hall–Kier alpha value is -2.78. The van der Waals surface area contributed by atoms with Crippen molar-refractivity contribution >= 4 is 17.1 Å². The Bertz CT molecular complexity index is 982. The Morgan fingerprint density at radius 2 is 1.47 bits per heavy atom. The highest BCUT2D eigenvalue weighted by Gasteiger charge is 2.19. The average molecular weight is 431 g/mol. The Balaban J connectivity index is 2.09. The molecular formula is C29H38N2O. The van der Waals surface area contributed by atoms with E-state index in [1.807, 2.05) is 13.0 Å². The summed E-state index contributed by atoms with van der Waals surface area (Å²) < 4.78 is 0. The van der Waals surface area contributed by atoms with Crippen LogP contribution in [0.5, 0.6) is 0 Å². The molecule has 0 saturated heterocycles. The Morgan fingerprint density at radius 3 is 2.09 bits per heavy atom. The first kappa shape index (κ1) is 23.9. The quantitative estimate of drug-likeness (QED) is 0.364. The zero-order valence-electron chi connectivity index (χ0n) is 20.4. The number of hydrogen-bond donors (Lipinski definition) is 2. The van der Waals surface area contributed by atoms with E-state index in [0.717, 1.165) is 41.0 Å². The number of anilines is 3. The van der Waals surface area contributed by atoms with Crippen LogP contribution in [0.25, 0.3) is 11.1 Å². The fourth-order valence-electron chi connectivity index (χ4n) is 4.16. The Labute approximate surface area is 194 Å². The molecule has 32 heavy (non-hydrogen) atoms. The molecule has 0 aliphatic rings. The van der Waals surface area contributed by atoms with Crippen LogP contribution in [-0.2, 0) is 0 Å². The van der Waals surface area contributed by atoms with Crippen LogP contribution in [0.4, 0.5) is 17.1 Å². The van der Waals surface area contributed by atoms with E-state index in [-0.39, 0.29) is 0 Å². The average Bonchev–Trinajstić information content (AvgIpc) is 2.79. The highest BCUT2D eigenvalue weighted by Crippen LogP contribution is 2.40. The third kappa shape index (κ3) is 5.52. The number of para-hydroxylation sites is 2. The number of aliphatic hydroxyl groups is 1. The molecule has 3 nitrogen and oxygen atoms in total. The number of nitrogens with one attached hydrogen (secondary N) is 1. The molecule has 0 radical (unpaired) electrons. The van der Waals surface area contributed by atoms with Crippen molar-refractivity contribution in [2.24, 2.45) is 5.92 Å². The molecule has 0 spiro atoms. The van der Waals surface area contributed by atoms with Gasteiger partial charge in [-0.05, 0) is 59.7 Å². The third-order valence-electron chi connectivity index (χ3n) is 6.24. The monoisotopic (exact) mass is 430 g/mol. The number of aliphatic hydroxyl groups excluding tert-OH is 1. The number of hydrogen-bond acceptors (Lipinski definition) is 3. The van der Waals surface area contributed by atoms with Gasteiger partial charge in [0.05, 0.1) is 17.5 Å². The van der Waals surface area contributed by atoms with E-state index in [1.165, 1.54) is 11.3 Å². The minimum absolute atomic E-state index is 0.309. The van der Waals surface area contributed by atoms with Crippen LogP contribution in [0.15, 0.2) is 66.7 Å². The lowest BCUT2D eigenvalue weighted by Crippen LogP contribution is -2.24. The summed E-state index contributed by atoms with van der Waals surface area (Å²) in [6.45, 7) is 11.8. The molecule has 0 aliphatic carbocycles. The van der Waals surface area contributed by atoms with Crippen LogP contribution in [-0.4, -0.2) is 18.7 Å². The largest absolute Gasteiger partial charge is 0.389 e. The summed E-state index contributed by atoms with van der Waals surface area (Å²) in [6.07, 6.45) is 0.577. The van der Waals surface area contributed by atoms with Crippen molar-refractivity contribution in [3.8, 4) is 11.1 Å². The van der Waals surface area contributed by atoms with Gasteiger partial charge in [0.25, 0.3) is 0 Å². The van der Waals surface area contributed by atoms with E-state index in [9.17, 15) is 5.11 Å². The van der Waals surface area contributed by atoms with E-state index in [2.05, 4.69) is 106 Å². The minimum Gasteiger partial charge on any atom is -0.389 e. The van der Waals surface area contributed by atoms with E-state index in [4.69, 9.17) is 0 Å². The van der Waals surface area contributed by atoms with Crippen molar-refractivity contribution < 1.29 is 5.11 Å². The second-order valence-electron chi connectivity index (χ2n) is 9.26. The number of benzene rings is 3. The fraction of sp³-hybridized carbons (Fsp3) is 0.379. The minimum atomic E-state index is -0.580. The van der Waals surface area contributed by atoms with Crippen molar-refractivity contribution in [2.75, 3.05) is 23.8 Å². The van der Waals surface area contributed by atoms with Crippen LogP contribution < -0.4 is 10.2 Å². The first-order chi connectivity index (χ1) is 15.3. The lowest BCUT2D eigenvalue weighted by Gasteiger charge is -2.28. The maximum absolute atomic E-state index is 10.7. The molecule has 3 rings (SSSR count). The van der Waals surface area contributed by atoms with Gasteiger partial charge in [0.15, 0.2) is 0 Å². The number of rotatable bonds is 9. The molecule has 0 aliphatic heterocycles. The highest BCUT2D eigenvalue weighted by atomic mass is 16.3. The normalized spacial score (nSPS) is 13.1. The fourth-order valence-corrected chi connectivity index (χ4v) is 4.16. The van der Waals surface area contributed by atoms with Gasteiger partial charge in [0.2, 0.25) is 0 Å². The van der Waals surface area contributed by atoms with Crippen LogP contribution in [0.1, 0.15) is 64.2 Å². The van der Waals surface area contributed by atoms with E-state index < -0.39 is 6.10 Å². The topological polar surface area (TPSA) is 35.5 Å². The van der Waals surface area contributed by atoms with Crippen LogP contribution >= 0.6 is 0 Å². The summed E-state index contributed by atoms with van der Waals surface area (Å²) in [7, 11) is 2.16. The van der Waals surface area contributed by atoms with Gasteiger partial charge in [-0.2, -0.15) is 0 Å². The van der Waals surface area contributed by atoms with Gasteiger partial charge in [-0.3, -0.25) is 0 Å². The van der Waals surface area contributed by atoms with Crippen molar-refractivity contribution in [2.45, 2.75) is 53.1 Å². The molecule has 170 valence electrons. The molecule has 0 heterocycles. The highest BCUT2D eigenvalue weighted by molar-refractivity contribution is 5.80. The molecule has 3 heteroatoms. The van der Waals surface area contributed by atoms with Gasteiger partial charge in [0, 0.05) is 24.8 Å². The van der Waals surface area contributed by atoms with Crippen LogP contribution in [0, 0.1) is 5.92 Å². The summed E-state index contributed by atoms with van der Waals surface area (Å²) in [5.74, 6) is 0.932. The Kier molecular flexibility index (Phi) is 7.98. The zero-order chi connectivity index (χ0) is 23.3. The van der Waals surface area contributed by atoms with Gasteiger partial charge in [-0.25, -0.2) is 0 Å². The van der Waals surface area contributed by atoms with Crippen molar-refractivity contribution in [1.82, 2.24) is 0 Å². The van der Waals surface area contributed by atoms with Crippen molar-refractivity contribution in [3.63, 3.8) is 0 Å². The SMILES string of the molecule is CCC(C)CN(C)c1ccccc1Nc1c(C(C)C)cc(-c2ccccc2)cc1C(C)O.